The molecule has 2 aliphatic heterocycles. The van der Waals surface area contributed by atoms with Crippen LogP contribution in [-0.4, -0.2) is 32.6 Å². The van der Waals surface area contributed by atoms with E-state index in [4.69, 9.17) is 28.4 Å². The van der Waals surface area contributed by atoms with E-state index in [1.165, 1.54) is 7.11 Å². The van der Waals surface area contributed by atoms with Gasteiger partial charge in [-0.1, -0.05) is 32.3 Å². The molecular weight excluding hydrogens is 436 g/mol. The van der Waals surface area contributed by atoms with Gasteiger partial charge in [0.25, 0.3) is 0 Å². The molecule has 0 N–H and O–H groups in total. The number of carbonyl (C=O) groups is 1. The van der Waals surface area contributed by atoms with E-state index in [9.17, 15) is 4.79 Å². The first-order valence-electron chi connectivity index (χ1n) is 11.8. The van der Waals surface area contributed by atoms with Crippen molar-refractivity contribution in [2.75, 3.05) is 20.5 Å². The predicted molar refractivity (Wildman–Crippen MR) is 127 cm³/mol. The van der Waals surface area contributed by atoms with Crippen molar-refractivity contribution in [3.8, 4) is 23.0 Å². The number of hydrogen-bond acceptors (Lipinski definition) is 7. The topological polar surface area (TPSA) is 72.5 Å². The number of hydrogen-bond donors (Lipinski definition) is 0. The summed E-state index contributed by atoms with van der Waals surface area (Å²) in [5.41, 5.74) is 1.72. The summed E-state index contributed by atoms with van der Waals surface area (Å²) in [5.74, 6) is 2.50. The van der Waals surface area contributed by atoms with Crippen LogP contribution in [0.3, 0.4) is 0 Å². The summed E-state index contributed by atoms with van der Waals surface area (Å²) in [6, 6.07) is 11.1. The van der Waals surface area contributed by atoms with E-state index in [0.717, 1.165) is 31.2 Å². The largest absolute Gasteiger partial charge is 0.492 e. The third-order valence-electron chi connectivity index (χ3n) is 5.67. The molecule has 0 radical (unpaired) electrons. The molecule has 182 valence electrons. The van der Waals surface area contributed by atoms with Crippen LogP contribution in [0.15, 0.2) is 42.0 Å². The summed E-state index contributed by atoms with van der Waals surface area (Å²) in [6.45, 7) is 6.74. The molecular formula is C27H32O7. The number of fused-ring (bicyclic) bond motifs is 2. The summed E-state index contributed by atoms with van der Waals surface area (Å²) < 4.78 is 34.7. The SMILES string of the molecule is CCCCCCOC1=C(C(=O)OC)C(c2ccc3c(c2)OCO3)Oc2ccc(OC(C)C)cc21. The van der Waals surface area contributed by atoms with E-state index in [-0.39, 0.29) is 12.9 Å². The van der Waals surface area contributed by atoms with Crippen molar-refractivity contribution in [2.45, 2.75) is 58.7 Å². The van der Waals surface area contributed by atoms with Crippen LogP contribution in [0.25, 0.3) is 5.76 Å². The zero-order valence-corrected chi connectivity index (χ0v) is 20.2. The molecule has 2 aliphatic rings. The summed E-state index contributed by atoms with van der Waals surface area (Å²) in [6.07, 6.45) is 3.50. The Balaban J connectivity index is 1.77. The number of carbonyl (C=O) groups excluding carboxylic acids is 1. The van der Waals surface area contributed by atoms with E-state index in [1.54, 1.807) is 0 Å². The number of rotatable bonds is 10. The van der Waals surface area contributed by atoms with Crippen LogP contribution in [0.2, 0.25) is 0 Å². The van der Waals surface area contributed by atoms with Gasteiger partial charge in [-0.15, -0.1) is 0 Å². The molecule has 0 spiro atoms. The fourth-order valence-corrected chi connectivity index (χ4v) is 4.06. The maximum absolute atomic E-state index is 13.1. The molecule has 2 aromatic carbocycles. The molecule has 0 saturated heterocycles. The lowest BCUT2D eigenvalue weighted by molar-refractivity contribution is -0.137. The molecule has 2 aromatic rings. The monoisotopic (exact) mass is 468 g/mol. The molecule has 0 saturated carbocycles. The average Bonchev–Trinajstić information content (AvgIpc) is 3.30. The first-order valence-corrected chi connectivity index (χ1v) is 11.8. The van der Waals surface area contributed by atoms with Gasteiger partial charge in [0.05, 0.1) is 25.4 Å². The van der Waals surface area contributed by atoms with E-state index in [0.29, 0.717) is 46.5 Å². The Bertz CT molecular complexity index is 1060. The van der Waals surface area contributed by atoms with Gasteiger partial charge in [-0.05, 0) is 50.6 Å². The summed E-state index contributed by atoms with van der Waals surface area (Å²) in [5, 5.41) is 0. The standard InChI is InChI=1S/C27H32O7/c1-5-6-7-8-13-30-26-20-15-19(33-17(2)3)10-12-21(20)34-25(24(26)27(28)29-4)18-9-11-22-23(14-18)32-16-31-22/h9-12,14-15,17,25H,5-8,13,16H2,1-4H3. The van der Waals surface area contributed by atoms with Gasteiger partial charge in [0.15, 0.2) is 17.6 Å². The minimum Gasteiger partial charge on any atom is -0.492 e. The van der Waals surface area contributed by atoms with Gasteiger partial charge in [-0.25, -0.2) is 4.79 Å². The third kappa shape index (κ3) is 5.08. The van der Waals surface area contributed by atoms with Gasteiger partial charge in [-0.3, -0.25) is 0 Å². The quantitative estimate of drug-likeness (QED) is 0.321. The molecule has 2 heterocycles. The normalized spacial score (nSPS) is 16.2. The first kappa shape index (κ1) is 23.8. The minimum absolute atomic E-state index is 0.00593. The van der Waals surface area contributed by atoms with E-state index in [1.807, 2.05) is 50.2 Å². The Morgan fingerprint density at radius 2 is 1.82 bits per heavy atom. The molecule has 0 aromatic heterocycles. The zero-order valence-electron chi connectivity index (χ0n) is 20.2. The van der Waals surface area contributed by atoms with Crippen LogP contribution < -0.4 is 18.9 Å². The lowest BCUT2D eigenvalue weighted by atomic mass is 9.94. The van der Waals surface area contributed by atoms with Gasteiger partial charge < -0.3 is 28.4 Å². The van der Waals surface area contributed by atoms with Gasteiger partial charge in [0.1, 0.15) is 22.8 Å². The fourth-order valence-electron chi connectivity index (χ4n) is 4.06. The molecule has 7 heteroatoms. The maximum atomic E-state index is 13.1. The Kier molecular flexibility index (Phi) is 7.50. The van der Waals surface area contributed by atoms with Crippen LogP contribution in [0.4, 0.5) is 0 Å². The van der Waals surface area contributed by atoms with Crippen molar-refractivity contribution < 1.29 is 33.2 Å². The van der Waals surface area contributed by atoms with Crippen molar-refractivity contribution in [1.82, 2.24) is 0 Å². The van der Waals surface area contributed by atoms with Crippen LogP contribution in [0.1, 0.15) is 63.7 Å². The van der Waals surface area contributed by atoms with Gasteiger partial charge in [0, 0.05) is 5.56 Å². The maximum Gasteiger partial charge on any atom is 0.341 e. The van der Waals surface area contributed by atoms with Crippen molar-refractivity contribution in [3.63, 3.8) is 0 Å². The molecule has 1 atom stereocenters. The third-order valence-corrected chi connectivity index (χ3v) is 5.67. The molecule has 0 fully saturated rings. The predicted octanol–water partition coefficient (Wildman–Crippen LogP) is 5.82. The molecule has 0 bridgehead atoms. The highest BCUT2D eigenvalue weighted by atomic mass is 16.7. The molecule has 0 amide bonds. The Hall–Kier alpha value is -3.35. The van der Waals surface area contributed by atoms with Crippen LogP contribution >= 0.6 is 0 Å². The lowest BCUT2D eigenvalue weighted by Gasteiger charge is -2.30. The number of unbranched alkanes of at least 4 members (excludes halogenated alkanes) is 3. The van der Waals surface area contributed by atoms with E-state index < -0.39 is 12.1 Å². The van der Waals surface area contributed by atoms with Crippen molar-refractivity contribution >= 4 is 11.7 Å². The van der Waals surface area contributed by atoms with E-state index in [2.05, 4.69) is 6.92 Å². The number of benzene rings is 2. The van der Waals surface area contributed by atoms with Crippen molar-refractivity contribution in [1.29, 1.82) is 0 Å². The second-order valence-electron chi connectivity index (χ2n) is 8.58. The molecule has 1 unspecified atom stereocenters. The second kappa shape index (κ2) is 10.7. The lowest BCUT2D eigenvalue weighted by Crippen LogP contribution is -2.25. The van der Waals surface area contributed by atoms with Gasteiger partial charge >= 0.3 is 5.97 Å². The van der Waals surface area contributed by atoms with Crippen LogP contribution in [0.5, 0.6) is 23.0 Å². The van der Waals surface area contributed by atoms with Crippen molar-refractivity contribution in [2.24, 2.45) is 0 Å². The fraction of sp³-hybridized carbons (Fsp3) is 0.444. The highest BCUT2D eigenvalue weighted by Gasteiger charge is 2.37. The second-order valence-corrected chi connectivity index (χ2v) is 8.58. The van der Waals surface area contributed by atoms with E-state index >= 15 is 0 Å². The van der Waals surface area contributed by atoms with Crippen LogP contribution in [-0.2, 0) is 14.3 Å². The summed E-state index contributed by atoms with van der Waals surface area (Å²) in [4.78, 5) is 13.1. The number of methoxy groups -OCH3 is 1. The molecule has 34 heavy (non-hydrogen) atoms. The highest BCUT2D eigenvalue weighted by molar-refractivity contribution is 5.99. The summed E-state index contributed by atoms with van der Waals surface area (Å²) in [7, 11) is 1.36. The molecule has 4 rings (SSSR count). The number of esters is 1. The number of ether oxygens (including phenoxy) is 6. The Morgan fingerprint density at radius 1 is 1.03 bits per heavy atom. The first-order chi connectivity index (χ1) is 16.5. The average molecular weight is 469 g/mol. The van der Waals surface area contributed by atoms with Gasteiger partial charge in [-0.2, -0.15) is 0 Å². The molecule has 7 nitrogen and oxygen atoms in total. The van der Waals surface area contributed by atoms with Crippen molar-refractivity contribution in [3.05, 3.63) is 53.1 Å². The smallest absolute Gasteiger partial charge is 0.341 e. The Labute approximate surface area is 200 Å². The van der Waals surface area contributed by atoms with Gasteiger partial charge in [0.2, 0.25) is 6.79 Å². The minimum atomic E-state index is -0.725. The summed E-state index contributed by atoms with van der Waals surface area (Å²) >= 11 is 0. The highest BCUT2D eigenvalue weighted by Crippen LogP contribution is 2.46. The zero-order chi connectivity index (χ0) is 24.1. The van der Waals surface area contributed by atoms with Crippen LogP contribution in [0, 0.1) is 0 Å². The Morgan fingerprint density at radius 3 is 2.59 bits per heavy atom. The molecule has 0 aliphatic carbocycles.